The fourth-order valence-corrected chi connectivity index (χ4v) is 5.27. The van der Waals surface area contributed by atoms with Crippen LogP contribution in [-0.4, -0.2) is 18.8 Å². The maximum absolute atomic E-state index is 14.0. The molecule has 5 rings (SSSR count). The summed E-state index contributed by atoms with van der Waals surface area (Å²) in [4.78, 5) is 2.15. The summed E-state index contributed by atoms with van der Waals surface area (Å²) in [5.41, 5.74) is 6.22. The second kappa shape index (κ2) is 9.38. The number of rotatable bonds is 6. The van der Waals surface area contributed by atoms with Crippen molar-refractivity contribution in [1.29, 1.82) is 5.41 Å². The van der Waals surface area contributed by atoms with E-state index < -0.39 is 11.7 Å². The van der Waals surface area contributed by atoms with E-state index in [1.807, 2.05) is 19.1 Å². The Kier molecular flexibility index (Phi) is 6.43. The molecule has 0 unspecified atom stereocenters. The van der Waals surface area contributed by atoms with Crippen molar-refractivity contribution in [2.24, 2.45) is 0 Å². The van der Waals surface area contributed by atoms with Gasteiger partial charge in [-0.05, 0) is 104 Å². The molecule has 1 aliphatic heterocycles. The van der Waals surface area contributed by atoms with Crippen LogP contribution >= 0.6 is 11.6 Å². The Morgan fingerprint density at radius 2 is 1.66 bits per heavy atom. The van der Waals surface area contributed by atoms with E-state index in [0.29, 0.717) is 10.7 Å². The third-order valence-electron chi connectivity index (χ3n) is 7.16. The number of nitrogens with one attached hydrogen (secondary N) is 2. The Balaban J connectivity index is 1.53. The number of benzene rings is 2. The highest BCUT2D eigenvalue weighted by Gasteiger charge is 2.35. The monoisotopic (exact) mass is 499 g/mol. The third kappa shape index (κ3) is 4.99. The summed E-state index contributed by atoms with van der Waals surface area (Å²) < 4.78 is 41.9. The standard InChI is InChI=1S/C28H29ClF3N3/c1-17-15-19(9-12-24(17)29)26(33)21-5-4-6-22(21)27(18-7-8-18)34-25-16-20(35-13-2-3-14-35)10-11-23(25)28(30,31)32/h9-12,15-16,33-34H,2-8,13-14H2,1H3. The van der Waals surface area contributed by atoms with Gasteiger partial charge in [-0.15, -0.1) is 0 Å². The van der Waals surface area contributed by atoms with Crippen LogP contribution in [0.5, 0.6) is 0 Å². The van der Waals surface area contributed by atoms with Crippen molar-refractivity contribution >= 4 is 28.7 Å². The number of allylic oxidation sites excluding steroid dienone is 3. The van der Waals surface area contributed by atoms with Crippen molar-refractivity contribution < 1.29 is 13.2 Å². The number of halogens is 4. The van der Waals surface area contributed by atoms with E-state index in [0.717, 1.165) is 97.3 Å². The lowest BCUT2D eigenvalue weighted by molar-refractivity contribution is -0.136. The predicted molar refractivity (Wildman–Crippen MR) is 137 cm³/mol. The zero-order valence-electron chi connectivity index (χ0n) is 19.8. The molecule has 1 heterocycles. The van der Waals surface area contributed by atoms with Crippen LogP contribution in [0.3, 0.4) is 0 Å². The summed E-state index contributed by atoms with van der Waals surface area (Å²) in [5, 5.41) is 12.8. The molecule has 0 bridgehead atoms. The molecule has 0 atom stereocenters. The van der Waals surface area contributed by atoms with Gasteiger partial charge in [-0.3, -0.25) is 5.41 Å². The normalized spacial score (nSPS) is 17.9. The molecular formula is C28H29ClF3N3. The Hall–Kier alpha value is -2.73. The maximum Gasteiger partial charge on any atom is 0.418 e. The van der Waals surface area contributed by atoms with Crippen LogP contribution < -0.4 is 10.2 Å². The number of alkyl halides is 3. The summed E-state index contributed by atoms with van der Waals surface area (Å²) in [5.74, 6) is 0. The van der Waals surface area contributed by atoms with E-state index in [-0.39, 0.29) is 5.69 Å². The van der Waals surface area contributed by atoms with Crippen molar-refractivity contribution in [2.45, 2.75) is 58.0 Å². The van der Waals surface area contributed by atoms with E-state index in [1.54, 1.807) is 18.2 Å². The first-order valence-electron chi connectivity index (χ1n) is 12.3. The summed E-state index contributed by atoms with van der Waals surface area (Å²) in [6.45, 7) is 3.64. The van der Waals surface area contributed by atoms with Gasteiger partial charge < -0.3 is 10.2 Å². The number of aryl methyl sites for hydroxylation is 1. The summed E-state index contributed by atoms with van der Waals surface area (Å²) in [6.07, 6.45) is 1.80. The number of nitrogens with zero attached hydrogens (tertiary/aromatic N) is 1. The van der Waals surface area contributed by atoms with E-state index in [9.17, 15) is 13.2 Å². The molecule has 0 radical (unpaired) electrons. The molecule has 0 amide bonds. The van der Waals surface area contributed by atoms with Crippen LogP contribution in [0.1, 0.15) is 61.6 Å². The van der Waals surface area contributed by atoms with Crippen molar-refractivity contribution in [1.82, 2.24) is 0 Å². The molecule has 7 heteroatoms. The van der Waals surface area contributed by atoms with Gasteiger partial charge in [-0.2, -0.15) is 13.2 Å². The fraction of sp³-hybridized carbons (Fsp3) is 0.393. The molecule has 1 saturated heterocycles. The first-order chi connectivity index (χ1) is 16.7. The second-order valence-electron chi connectivity index (χ2n) is 9.67. The van der Waals surface area contributed by atoms with Crippen molar-refractivity contribution in [2.75, 3.05) is 23.3 Å². The van der Waals surface area contributed by atoms with E-state index in [1.165, 1.54) is 6.07 Å². The van der Waals surface area contributed by atoms with Gasteiger partial charge in [0.2, 0.25) is 0 Å². The van der Waals surface area contributed by atoms with Gasteiger partial charge in [0.15, 0.2) is 0 Å². The first-order valence-corrected chi connectivity index (χ1v) is 12.6. The summed E-state index contributed by atoms with van der Waals surface area (Å²) >= 11 is 6.18. The molecule has 0 aromatic heterocycles. The van der Waals surface area contributed by atoms with Gasteiger partial charge in [0.05, 0.1) is 17.0 Å². The highest BCUT2D eigenvalue weighted by atomic mass is 35.5. The summed E-state index contributed by atoms with van der Waals surface area (Å²) in [6, 6.07) is 10.00. The van der Waals surface area contributed by atoms with Crippen molar-refractivity contribution in [3.05, 3.63) is 80.5 Å². The Morgan fingerprint density at radius 3 is 2.31 bits per heavy atom. The lowest BCUT2D eigenvalue weighted by Gasteiger charge is -2.23. The van der Waals surface area contributed by atoms with Crippen LogP contribution in [0.4, 0.5) is 24.5 Å². The smallest absolute Gasteiger partial charge is 0.371 e. The minimum Gasteiger partial charge on any atom is -0.371 e. The highest BCUT2D eigenvalue weighted by Crippen LogP contribution is 2.44. The van der Waals surface area contributed by atoms with Crippen molar-refractivity contribution in [3.8, 4) is 0 Å². The van der Waals surface area contributed by atoms with Gasteiger partial charge in [0, 0.05) is 35.1 Å². The zero-order valence-corrected chi connectivity index (χ0v) is 20.5. The molecule has 35 heavy (non-hydrogen) atoms. The Labute approximate surface area is 209 Å². The second-order valence-corrected chi connectivity index (χ2v) is 10.1. The number of hydrogen-bond acceptors (Lipinski definition) is 3. The minimum absolute atomic E-state index is 0.101. The van der Waals surface area contributed by atoms with Crippen molar-refractivity contribution in [3.63, 3.8) is 0 Å². The Bertz CT molecular complexity index is 1230. The molecule has 3 nitrogen and oxygen atoms in total. The van der Waals surface area contributed by atoms with Gasteiger partial charge >= 0.3 is 6.18 Å². The average molecular weight is 500 g/mol. The molecule has 2 fully saturated rings. The third-order valence-corrected chi connectivity index (χ3v) is 7.59. The molecule has 184 valence electrons. The molecule has 0 spiro atoms. The van der Waals surface area contributed by atoms with Gasteiger partial charge in [-0.1, -0.05) is 17.7 Å². The molecule has 2 aromatic carbocycles. The van der Waals surface area contributed by atoms with Crippen LogP contribution in [0.2, 0.25) is 5.02 Å². The number of hydrogen-bond donors (Lipinski definition) is 2. The van der Waals surface area contributed by atoms with Crippen LogP contribution in [-0.2, 0) is 6.18 Å². The SMILES string of the molecule is Cc1cc(C(=N)C2=C(C(Nc3cc(N4CCCC4)ccc3C(F)(F)F)=C3CC3)CCC2)ccc1Cl. The van der Waals surface area contributed by atoms with Gasteiger partial charge in [-0.25, -0.2) is 0 Å². The molecule has 3 aliphatic rings. The van der Waals surface area contributed by atoms with E-state index in [2.05, 4.69) is 10.2 Å². The zero-order chi connectivity index (χ0) is 24.7. The molecule has 2 N–H and O–H groups in total. The van der Waals surface area contributed by atoms with Gasteiger partial charge in [0.25, 0.3) is 0 Å². The molecular weight excluding hydrogens is 471 g/mol. The first kappa shape index (κ1) is 24.0. The van der Waals surface area contributed by atoms with Crippen LogP contribution in [0.25, 0.3) is 0 Å². The Morgan fingerprint density at radius 1 is 0.943 bits per heavy atom. The molecule has 1 saturated carbocycles. The maximum atomic E-state index is 14.0. The minimum atomic E-state index is -4.45. The van der Waals surface area contributed by atoms with E-state index in [4.69, 9.17) is 17.0 Å². The number of anilines is 2. The lowest BCUT2D eigenvalue weighted by Crippen LogP contribution is -2.19. The molecule has 2 aliphatic carbocycles. The molecule has 2 aromatic rings. The largest absolute Gasteiger partial charge is 0.418 e. The van der Waals surface area contributed by atoms with E-state index >= 15 is 0 Å². The highest BCUT2D eigenvalue weighted by molar-refractivity contribution is 6.31. The fourth-order valence-electron chi connectivity index (χ4n) is 5.15. The average Bonchev–Trinajstić information content (AvgIpc) is 3.30. The van der Waals surface area contributed by atoms with Crippen LogP contribution in [0.15, 0.2) is 58.8 Å². The topological polar surface area (TPSA) is 39.1 Å². The lowest BCUT2D eigenvalue weighted by atomic mass is 9.96. The quantitative estimate of drug-likeness (QED) is 0.392. The predicted octanol–water partition coefficient (Wildman–Crippen LogP) is 8.28. The van der Waals surface area contributed by atoms with Gasteiger partial charge in [0.1, 0.15) is 0 Å². The van der Waals surface area contributed by atoms with Crippen LogP contribution in [0, 0.1) is 12.3 Å². The summed E-state index contributed by atoms with van der Waals surface area (Å²) in [7, 11) is 0.